The molecule has 6 heteroatoms. The first-order chi connectivity index (χ1) is 23.6. The van der Waals surface area contributed by atoms with Crippen molar-refractivity contribution in [3.8, 4) is 0 Å². The molecular formula is C44H53Cl2N3O+2. The Morgan fingerprint density at radius 3 is 2.16 bits per heavy atom. The fourth-order valence-electron chi connectivity index (χ4n) is 8.06. The van der Waals surface area contributed by atoms with Crippen molar-refractivity contribution in [3.63, 3.8) is 0 Å². The van der Waals surface area contributed by atoms with Crippen LogP contribution in [0.3, 0.4) is 0 Å². The molecule has 0 fully saturated rings. The van der Waals surface area contributed by atoms with Crippen molar-refractivity contribution in [3.05, 3.63) is 135 Å². The van der Waals surface area contributed by atoms with Crippen LogP contribution >= 0.6 is 23.2 Å². The third kappa shape index (κ3) is 6.50. The minimum absolute atomic E-state index is 0.133. The Morgan fingerprint density at radius 1 is 0.860 bits per heavy atom. The van der Waals surface area contributed by atoms with E-state index in [1.54, 1.807) is 0 Å². The molecule has 3 aliphatic rings. The Kier molecular flexibility index (Phi) is 9.78. The number of likely N-dealkylation sites (N-methyl/N-ethyl adjacent to an activating group) is 1. The molecule has 1 atom stereocenters. The average molecular weight is 711 g/mol. The van der Waals surface area contributed by atoms with Crippen LogP contribution in [-0.4, -0.2) is 23.4 Å². The molecule has 0 bridgehead atoms. The zero-order valence-corrected chi connectivity index (χ0v) is 33.0. The number of ether oxygens (including phenoxy) is 1. The minimum atomic E-state index is -0.181. The highest BCUT2D eigenvalue weighted by molar-refractivity contribution is 6.31. The van der Waals surface area contributed by atoms with Crippen LogP contribution in [-0.2, 0) is 22.6 Å². The van der Waals surface area contributed by atoms with Gasteiger partial charge in [0.15, 0.2) is 18.1 Å². The maximum absolute atomic E-state index is 7.27. The van der Waals surface area contributed by atoms with Gasteiger partial charge in [0, 0.05) is 74.2 Å². The molecule has 0 spiro atoms. The number of benzene rings is 2. The van der Waals surface area contributed by atoms with E-state index in [1.165, 1.54) is 50.6 Å². The lowest BCUT2D eigenvalue weighted by Gasteiger charge is -2.32. The molecule has 0 saturated heterocycles. The molecule has 2 aromatic carbocycles. The van der Waals surface area contributed by atoms with E-state index in [9.17, 15) is 0 Å². The molecule has 2 aliphatic heterocycles. The fourth-order valence-corrected chi connectivity index (χ4v) is 8.40. The lowest BCUT2D eigenvalue weighted by Crippen LogP contribution is -2.28. The van der Waals surface area contributed by atoms with Crippen LogP contribution in [0.1, 0.15) is 97.9 Å². The van der Waals surface area contributed by atoms with Crippen molar-refractivity contribution in [1.29, 1.82) is 0 Å². The van der Waals surface area contributed by atoms with Gasteiger partial charge in [-0.2, -0.15) is 4.58 Å². The Balaban J connectivity index is 1.46. The normalized spacial score (nSPS) is 20.4. The number of rotatable bonds is 8. The topological polar surface area (TPSA) is 19.4 Å². The van der Waals surface area contributed by atoms with Crippen molar-refractivity contribution in [1.82, 2.24) is 0 Å². The summed E-state index contributed by atoms with van der Waals surface area (Å²) >= 11 is 13.0. The third-order valence-electron chi connectivity index (χ3n) is 10.8. The number of halogens is 2. The standard InChI is InChI=1S/C44H53Cl2N3O/c1-11-48-36-19-17-32(45)27-34(36)43(6,7)38(48)21-15-29-13-14-30(40(29)50-41(42(3,4)5)31-23-25-47(10)26-24-31)16-22-39-44(8,9)35-28-33(46)18-20-37(35)49(39)12-2/h15-28,41H,11-14H2,1-10H3/q+2. The smallest absolute Gasteiger partial charge is 0.209 e. The number of fused-ring (bicyclic) bond motifs is 2. The summed E-state index contributed by atoms with van der Waals surface area (Å²) in [5, 5.41) is 1.55. The van der Waals surface area contributed by atoms with E-state index in [0.717, 1.165) is 41.7 Å². The molecule has 3 aromatic rings. The van der Waals surface area contributed by atoms with Crippen molar-refractivity contribution >= 4 is 40.3 Å². The van der Waals surface area contributed by atoms with Crippen LogP contribution in [0.5, 0.6) is 0 Å². The molecule has 262 valence electrons. The number of pyridine rings is 1. The van der Waals surface area contributed by atoms with Crippen LogP contribution < -0.4 is 9.47 Å². The van der Waals surface area contributed by atoms with Crippen LogP contribution in [0, 0.1) is 5.41 Å². The van der Waals surface area contributed by atoms with Crippen LogP contribution in [0.25, 0.3) is 0 Å². The second-order valence-corrected chi connectivity index (χ2v) is 16.9. The van der Waals surface area contributed by atoms with E-state index in [0.29, 0.717) is 0 Å². The van der Waals surface area contributed by atoms with Gasteiger partial charge in [-0.15, -0.1) is 0 Å². The summed E-state index contributed by atoms with van der Waals surface area (Å²) in [5.41, 5.74) is 10.7. The molecule has 0 N–H and O–H groups in total. The first kappa shape index (κ1) is 36.2. The van der Waals surface area contributed by atoms with Crippen molar-refractivity contribution in [2.45, 2.75) is 92.1 Å². The number of allylic oxidation sites excluding steroid dienone is 7. The minimum Gasteiger partial charge on any atom is -0.485 e. The summed E-state index contributed by atoms with van der Waals surface area (Å²) in [6, 6.07) is 16.9. The summed E-state index contributed by atoms with van der Waals surface area (Å²) < 4.78 is 11.8. The second-order valence-electron chi connectivity index (χ2n) is 16.0. The first-order valence-electron chi connectivity index (χ1n) is 18.0. The molecule has 0 radical (unpaired) electrons. The Bertz CT molecular complexity index is 1970. The van der Waals surface area contributed by atoms with E-state index in [4.69, 9.17) is 27.9 Å². The highest BCUT2D eigenvalue weighted by Crippen LogP contribution is 2.49. The fraction of sp³-hybridized carbons (Fsp3) is 0.409. The van der Waals surface area contributed by atoms with E-state index >= 15 is 0 Å². The Labute approximate surface area is 310 Å². The summed E-state index contributed by atoms with van der Waals surface area (Å²) in [7, 11) is 2.05. The summed E-state index contributed by atoms with van der Waals surface area (Å²) in [5.74, 6) is 0.991. The zero-order valence-electron chi connectivity index (χ0n) is 31.5. The van der Waals surface area contributed by atoms with Gasteiger partial charge in [-0.05, 0) is 99.7 Å². The van der Waals surface area contributed by atoms with Gasteiger partial charge >= 0.3 is 0 Å². The predicted molar refractivity (Wildman–Crippen MR) is 210 cm³/mol. The monoisotopic (exact) mass is 709 g/mol. The summed E-state index contributed by atoms with van der Waals surface area (Å²) in [6.45, 7) is 22.2. The Morgan fingerprint density at radius 2 is 1.52 bits per heavy atom. The van der Waals surface area contributed by atoms with E-state index in [2.05, 4.69) is 156 Å². The number of aromatic nitrogens is 1. The van der Waals surface area contributed by atoms with Gasteiger partial charge in [0.1, 0.15) is 25.5 Å². The molecule has 3 heterocycles. The average Bonchev–Trinajstić information content (AvgIpc) is 3.61. The molecule has 0 amide bonds. The van der Waals surface area contributed by atoms with Gasteiger partial charge in [0.2, 0.25) is 5.69 Å². The predicted octanol–water partition coefficient (Wildman–Crippen LogP) is 11.3. The van der Waals surface area contributed by atoms with Crippen LogP contribution in [0.4, 0.5) is 11.4 Å². The van der Waals surface area contributed by atoms with Crippen LogP contribution in [0.2, 0.25) is 10.0 Å². The summed E-state index contributed by atoms with van der Waals surface area (Å²) in [4.78, 5) is 2.42. The molecule has 1 unspecified atom stereocenters. The third-order valence-corrected chi connectivity index (χ3v) is 11.3. The Hall–Kier alpha value is -3.60. The van der Waals surface area contributed by atoms with Crippen molar-refractivity contribution in [2.24, 2.45) is 12.5 Å². The number of hydrogen-bond acceptors (Lipinski definition) is 2. The lowest BCUT2D eigenvalue weighted by atomic mass is 9.81. The molecule has 50 heavy (non-hydrogen) atoms. The maximum Gasteiger partial charge on any atom is 0.209 e. The number of nitrogens with zero attached hydrogens (tertiary/aromatic N) is 3. The molecule has 1 aromatic heterocycles. The lowest BCUT2D eigenvalue weighted by molar-refractivity contribution is -0.671. The number of hydrogen-bond donors (Lipinski definition) is 0. The van der Waals surface area contributed by atoms with Gasteiger partial charge < -0.3 is 9.64 Å². The highest BCUT2D eigenvalue weighted by Gasteiger charge is 2.44. The molecule has 6 rings (SSSR count). The highest BCUT2D eigenvalue weighted by atomic mass is 35.5. The molecule has 0 saturated carbocycles. The molecule has 1 aliphatic carbocycles. The van der Waals surface area contributed by atoms with E-state index in [-0.39, 0.29) is 22.3 Å². The maximum atomic E-state index is 7.27. The van der Waals surface area contributed by atoms with Gasteiger partial charge in [0.25, 0.3) is 0 Å². The van der Waals surface area contributed by atoms with Crippen LogP contribution in [0.15, 0.2) is 108 Å². The van der Waals surface area contributed by atoms with Gasteiger partial charge in [0.05, 0.1) is 5.41 Å². The van der Waals surface area contributed by atoms with E-state index < -0.39 is 0 Å². The zero-order chi connectivity index (χ0) is 36.2. The largest absolute Gasteiger partial charge is 0.485 e. The van der Waals surface area contributed by atoms with E-state index in [1.807, 2.05) is 12.1 Å². The number of aryl methyl sites for hydroxylation is 1. The SMILES string of the molecule is CCN1/C(=C/C=C2\CCC(/C=C/C3=[N+](CC)c4ccc(Cl)cc4C3(C)C)=C2OC(c2cc[n+](C)cc2)C(C)(C)C)C(C)(C)c2cc(Cl)ccc21. The molecule has 4 nitrogen and oxygen atoms in total. The van der Waals surface area contributed by atoms with Crippen molar-refractivity contribution < 1.29 is 13.9 Å². The summed E-state index contributed by atoms with van der Waals surface area (Å²) in [6.07, 6.45) is 15.2. The van der Waals surface area contributed by atoms with Gasteiger partial charge in [-0.1, -0.05) is 63.9 Å². The quantitative estimate of drug-likeness (QED) is 0.217. The van der Waals surface area contributed by atoms with Gasteiger partial charge in [-0.3, -0.25) is 0 Å². The molecular weight excluding hydrogens is 657 g/mol. The second kappa shape index (κ2) is 13.5. The van der Waals surface area contributed by atoms with Crippen molar-refractivity contribution in [2.75, 3.05) is 18.0 Å². The number of anilines is 1. The first-order valence-corrected chi connectivity index (χ1v) is 18.8. The van der Waals surface area contributed by atoms with Gasteiger partial charge in [-0.25, -0.2) is 4.57 Å².